The highest BCUT2D eigenvalue weighted by Gasteiger charge is 2.47. The third-order valence-corrected chi connectivity index (χ3v) is 21.4. The molecule has 1 aromatic heterocycles. The van der Waals surface area contributed by atoms with Crippen molar-refractivity contribution in [3.05, 3.63) is 82.9 Å². The summed E-state index contributed by atoms with van der Waals surface area (Å²) < 4.78 is 17.1. The van der Waals surface area contributed by atoms with E-state index in [1.807, 2.05) is 0 Å². The number of nitrogens with zero attached hydrogens (tertiary/aromatic N) is 3. The van der Waals surface area contributed by atoms with E-state index < -0.39 is 261 Å². The number of H-pyrrole nitrogens is 1. The van der Waals surface area contributed by atoms with Crippen LogP contribution in [0.3, 0.4) is 0 Å². The minimum Gasteiger partial charge on any atom is -0.508 e. The number of carbonyl (C=O) groups is 19. The van der Waals surface area contributed by atoms with Crippen molar-refractivity contribution in [1.82, 2.24) is 88.9 Å². The number of halogens is 1. The highest BCUT2D eigenvalue weighted by atomic mass is 35.5. The normalized spacial score (nSPS) is 17.5. The summed E-state index contributed by atoms with van der Waals surface area (Å²) in [6, 6.07) is -13.7. The van der Waals surface area contributed by atoms with E-state index in [0.29, 0.717) is 11.1 Å². The van der Waals surface area contributed by atoms with Crippen molar-refractivity contribution in [2.24, 2.45) is 29.0 Å². The summed E-state index contributed by atoms with van der Waals surface area (Å²) >= 11 is 6.13. The van der Waals surface area contributed by atoms with E-state index in [4.69, 9.17) is 33.3 Å². The Bertz CT molecular complexity index is 4490. The number of primary amides is 3. The summed E-state index contributed by atoms with van der Waals surface area (Å²) in [5, 5.41) is 72.8. The smallest absolute Gasteiger partial charge is 0.469 e. The van der Waals surface area contributed by atoms with Crippen molar-refractivity contribution in [3.63, 3.8) is 0 Å². The molecule has 0 spiro atoms. The zero-order chi connectivity index (χ0) is 95.2. The molecule has 3 aromatic rings. The van der Waals surface area contributed by atoms with Crippen LogP contribution < -0.4 is 86.3 Å². The molecule has 49 heteroatoms. The first-order valence-corrected chi connectivity index (χ1v) is 42.5. The third kappa shape index (κ3) is 33.9. The summed E-state index contributed by atoms with van der Waals surface area (Å²) in [4.78, 5) is 288. The van der Waals surface area contributed by atoms with E-state index in [1.165, 1.54) is 79.8 Å². The van der Waals surface area contributed by atoms with Crippen molar-refractivity contribution in [3.8, 4) is 5.75 Å². The van der Waals surface area contributed by atoms with E-state index in [2.05, 4.69) is 79.1 Å². The highest BCUT2D eigenvalue weighted by molar-refractivity contribution is 7.46. The molecule has 26 N–H and O–H groups in total. The van der Waals surface area contributed by atoms with E-state index in [9.17, 15) is 126 Å². The Labute approximate surface area is 733 Å². The van der Waals surface area contributed by atoms with Gasteiger partial charge in [0.25, 0.3) is 0 Å². The first-order chi connectivity index (χ1) is 59.5. The van der Waals surface area contributed by atoms with Crippen molar-refractivity contribution >= 4 is 132 Å². The van der Waals surface area contributed by atoms with Gasteiger partial charge in [0.15, 0.2) is 0 Å². The number of carboxylic acid groups (broad SMARTS) is 1. The number of nitrogens with one attached hydrogen (secondary N) is 14. The Morgan fingerprint density at radius 3 is 1.52 bits per heavy atom. The average Bonchev–Trinajstić information content (AvgIpc) is 1.75. The number of nitrogens with two attached hydrogens (primary N) is 3. The average molecular weight is 1830 g/mol. The number of aromatic nitrogens is 2. The van der Waals surface area contributed by atoms with Gasteiger partial charge in [-0.2, -0.15) is 0 Å². The second-order valence-electron chi connectivity index (χ2n) is 31.4. The Balaban J connectivity index is 1.33. The fraction of sp³-hybridized carbons (Fsp3) is 0.564. The van der Waals surface area contributed by atoms with Crippen LogP contribution >= 0.6 is 19.4 Å². The molecule has 0 saturated carbocycles. The number of amides is 18. The molecule has 2 aliphatic heterocycles. The van der Waals surface area contributed by atoms with Crippen LogP contribution in [0.2, 0.25) is 5.02 Å². The molecule has 127 heavy (non-hydrogen) atoms. The van der Waals surface area contributed by atoms with Gasteiger partial charge in [-0.1, -0.05) is 70.0 Å². The van der Waals surface area contributed by atoms with Gasteiger partial charge in [0.2, 0.25) is 106 Å². The summed E-state index contributed by atoms with van der Waals surface area (Å²) in [5.41, 5.74) is 16.7. The number of aliphatic carboxylic acids is 1. The number of phenolic OH excluding ortho intramolecular Hbond substituents is 1. The van der Waals surface area contributed by atoms with Crippen LogP contribution in [0, 0.1) is 11.8 Å². The largest absolute Gasteiger partial charge is 0.508 e. The van der Waals surface area contributed by atoms with Gasteiger partial charge in [-0.05, 0) is 113 Å². The molecule has 0 bridgehead atoms. The van der Waals surface area contributed by atoms with Gasteiger partial charge in [0.05, 0.1) is 38.0 Å². The van der Waals surface area contributed by atoms with Crippen molar-refractivity contribution in [2.45, 2.75) is 249 Å². The van der Waals surface area contributed by atoms with Crippen LogP contribution in [0.1, 0.15) is 143 Å². The number of benzene rings is 2. The fourth-order valence-corrected chi connectivity index (χ4v) is 14.3. The predicted molar refractivity (Wildman–Crippen MR) is 445 cm³/mol. The van der Waals surface area contributed by atoms with Crippen LogP contribution in [0.5, 0.6) is 5.75 Å². The first kappa shape index (κ1) is 105. The number of aromatic hydroxyl groups is 1. The number of phosphoric ester groups is 1. The topological polar surface area (TPSA) is 742 Å². The number of rotatable bonds is 50. The number of aliphatic hydroxyl groups excluding tert-OH is 2. The van der Waals surface area contributed by atoms with Gasteiger partial charge in [-0.25, -0.2) is 9.55 Å². The molecule has 700 valence electrons. The lowest BCUT2D eigenvalue weighted by molar-refractivity contribution is -0.150. The monoisotopic (exact) mass is 1830 g/mol. The molecule has 3 heterocycles. The molecule has 0 aliphatic carbocycles. The quantitative estimate of drug-likeness (QED) is 0.0234. The number of carbonyl (C=O) groups excluding carboxylic acids is 18. The zero-order valence-electron chi connectivity index (χ0n) is 71.2. The summed E-state index contributed by atoms with van der Waals surface area (Å²) in [6.07, 6.45) is -4.38. The van der Waals surface area contributed by atoms with Crippen molar-refractivity contribution in [1.29, 1.82) is 0 Å². The number of hydrogen-bond donors (Lipinski definition) is 23. The van der Waals surface area contributed by atoms with Crippen LogP contribution in [0.25, 0.3) is 0 Å². The van der Waals surface area contributed by atoms with Crippen molar-refractivity contribution < 1.29 is 130 Å². The van der Waals surface area contributed by atoms with Crippen LogP contribution in [0.4, 0.5) is 0 Å². The SMILES string of the molecule is CC[C@H](C)[C@H](NC(=O)[C@H](C)NC(=O)[C@@H](NC(=O)[C@H](CO)NC(=O)[C@H](Cc1cnc[nH]1)NC(=O)[C@H](CC(C)C)NC(=O)[C@@H]1CCCN1C(=O)[C@@H]1CCCN1C(=O)[C@H](CC(=O)O)NC(=O)[C@H](Cc1ccc(Cl)cc1)NC(=O)[C@@H](NC(=O)[C@H](CCC(N)=O)NC(C)=O)[C@@H](C)O)[C@@H](C)OP(=O)(O)O)C(=O)N[C@@H](Cc1ccc(O)cc1)C(=O)N[C@@H](C)C(=O)N[C@@H](CC(N)=O)C(N)=O. The molecule has 47 nitrogen and oxygen atoms in total. The number of aliphatic hydroxyl groups is 2. The number of carboxylic acids is 1. The van der Waals surface area contributed by atoms with Crippen molar-refractivity contribution in [2.75, 3.05) is 19.7 Å². The van der Waals surface area contributed by atoms with Gasteiger partial charge in [-0.3, -0.25) is 95.6 Å². The third-order valence-electron chi connectivity index (χ3n) is 20.6. The number of phenols is 1. The lowest BCUT2D eigenvalue weighted by Crippen LogP contribution is -2.63. The molecule has 2 aliphatic rings. The van der Waals surface area contributed by atoms with Gasteiger partial charge < -0.3 is 131 Å². The number of aromatic amines is 1. The van der Waals surface area contributed by atoms with Crippen LogP contribution in [0.15, 0.2) is 61.1 Å². The number of phosphoric acid groups is 1. The Hall–Kier alpha value is -12.3. The highest BCUT2D eigenvalue weighted by Crippen LogP contribution is 2.38. The minimum absolute atomic E-state index is 0.00420. The van der Waals surface area contributed by atoms with E-state index in [1.54, 1.807) is 20.8 Å². The Kier molecular flexibility index (Phi) is 41.1. The van der Waals surface area contributed by atoms with Gasteiger partial charge >= 0.3 is 13.8 Å². The second kappa shape index (κ2) is 49.6. The number of hydrogen-bond acceptors (Lipinski definition) is 25. The number of imidazole rings is 1. The molecular formula is C78H114ClN20O27P. The molecule has 0 radical (unpaired) electrons. The van der Waals surface area contributed by atoms with E-state index in [-0.39, 0.29) is 93.8 Å². The maximum atomic E-state index is 14.9. The molecule has 18 amide bonds. The maximum absolute atomic E-state index is 14.9. The molecular weight excluding hydrogens is 1720 g/mol. The molecule has 2 saturated heterocycles. The summed E-state index contributed by atoms with van der Waals surface area (Å²) in [5.74, 6) is -21.8. The Morgan fingerprint density at radius 1 is 0.543 bits per heavy atom. The van der Waals surface area contributed by atoms with Gasteiger partial charge in [-0.15, -0.1) is 0 Å². The minimum atomic E-state index is -5.55. The number of likely N-dealkylation sites (tertiary alicyclic amines) is 2. The predicted octanol–water partition coefficient (Wildman–Crippen LogP) is -6.80. The molecule has 2 fully saturated rings. The van der Waals surface area contributed by atoms with E-state index >= 15 is 0 Å². The van der Waals surface area contributed by atoms with E-state index in [0.717, 1.165) is 32.6 Å². The fourth-order valence-electron chi connectivity index (χ4n) is 13.7. The lowest BCUT2D eigenvalue weighted by atomic mass is 9.96. The standard InChI is InChI=1S/C78H114ClN20O27P/c1-10-37(4)61(74(118)91-51(29-44-17-21-47(103)22-18-44)68(112)85-38(5)65(109)88-49(64(82)108)31-59(81)105)95-66(110)39(6)86-76(120)63(41(8)126-127(123,124)125)97-72(116)55(34-100)94-71(115)53(30-46-33-83-35-84-46)89-69(113)50(27-36(2)3)90-73(117)56-13-11-25-98(56)78(122)57-14-12-26-99(57)77(121)54(32-60(106)107)93-70(114)52(28-43-15-19-45(79)20-16-43)92-75(119)62(40(7)101)96-67(111)48(87-42(9)102)23-24-58(80)104/h15-22,33,35-41,48-57,61-63,100-101,103H,10-14,23-32,34H2,1-9H3,(H2,80,104)(H2,81,105)(H2,82,108)(H,83,84)(H,85,112)(H,86,120)(H,87,102)(H,88,109)(H,89,113)(H,90,117)(H,91,118)(H,92,119)(H,93,114)(H,94,115)(H,95,110)(H,96,111)(H,97,116)(H,106,107)(H2,123,124,125)/t37-,38-,39-,40+,41+,48-,49-,50-,51-,52-,53-,54-,55-,56-,57-,61-,62-,63-/m0/s1. The van der Waals surface area contributed by atoms with Crippen LogP contribution in [-0.2, 0) is 119 Å². The summed E-state index contributed by atoms with van der Waals surface area (Å²) in [7, 11) is -5.55. The molecule has 18 atom stereocenters. The lowest BCUT2D eigenvalue weighted by Gasteiger charge is -2.33. The maximum Gasteiger partial charge on any atom is 0.469 e. The summed E-state index contributed by atoms with van der Waals surface area (Å²) in [6.45, 7) is 10.4. The molecule has 2 aromatic carbocycles. The van der Waals surface area contributed by atoms with Gasteiger partial charge in [0.1, 0.15) is 96.4 Å². The first-order valence-electron chi connectivity index (χ1n) is 40.6. The second-order valence-corrected chi connectivity index (χ2v) is 33.0. The molecule has 5 rings (SSSR count). The zero-order valence-corrected chi connectivity index (χ0v) is 72.9. The molecule has 0 unspecified atom stereocenters. The Morgan fingerprint density at radius 2 is 1.01 bits per heavy atom. The van der Waals surface area contributed by atoms with Crippen LogP contribution in [-0.4, -0.2) is 285 Å². The van der Waals surface area contributed by atoms with Gasteiger partial charge in [0, 0.05) is 62.6 Å².